The third-order valence-electron chi connectivity index (χ3n) is 5.13. The molecule has 3 aromatic rings. The van der Waals surface area contributed by atoms with E-state index in [-0.39, 0.29) is 10.6 Å². The third kappa shape index (κ3) is 5.85. The van der Waals surface area contributed by atoms with Gasteiger partial charge in [-0.2, -0.15) is 4.31 Å². The van der Waals surface area contributed by atoms with E-state index in [2.05, 4.69) is 0 Å². The number of aryl methyl sites for hydroxylation is 1. The maximum absolute atomic E-state index is 13.4. The maximum atomic E-state index is 13.4. The van der Waals surface area contributed by atoms with E-state index in [9.17, 15) is 13.2 Å². The highest BCUT2D eigenvalue weighted by Gasteiger charge is 2.29. The van der Waals surface area contributed by atoms with Crippen LogP contribution in [0, 0.1) is 0 Å². The van der Waals surface area contributed by atoms with Crippen LogP contribution < -0.4 is 13.8 Å². The zero-order valence-electron chi connectivity index (χ0n) is 19.6. The number of ether oxygens (including phenoxy) is 2. The normalized spacial score (nSPS) is 11.4. The average molecular weight is 480 g/mol. The zero-order valence-corrected chi connectivity index (χ0v) is 20.4. The molecule has 0 spiro atoms. The number of rotatable bonds is 10. The second kappa shape index (κ2) is 11.5. The van der Waals surface area contributed by atoms with Crippen molar-refractivity contribution < 1.29 is 22.7 Å². The van der Waals surface area contributed by atoms with E-state index in [0.717, 1.165) is 22.7 Å². The molecule has 3 aromatic carbocycles. The summed E-state index contributed by atoms with van der Waals surface area (Å²) >= 11 is 0. The molecule has 0 fully saturated rings. The fourth-order valence-electron chi connectivity index (χ4n) is 3.30. The van der Waals surface area contributed by atoms with Crippen molar-refractivity contribution in [2.24, 2.45) is 0 Å². The first-order valence-corrected chi connectivity index (χ1v) is 12.6. The molecular weight excluding hydrogens is 450 g/mol. The number of nitrogens with zero attached hydrogens (tertiary/aromatic N) is 1. The lowest BCUT2D eigenvalue weighted by Gasteiger charge is -2.21. The van der Waals surface area contributed by atoms with Gasteiger partial charge < -0.3 is 9.47 Å². The molecule has 3 rings (SSSR count). The van der Waals surface area contributed by atoms with Gasteiger partial charge in [0.25, 0.3) is 15.9 Å². The van der Waals surface area contributed by atoms with Gasteiger partial charge in [-0.3, -0.25) is 4.79 Å². The first-order valence-electron chi connectivity index (χ1n) is 11.1. The van der Waals surface area contributed by atoms with E-state index in [4.69, 9.17) is 9.47 Å². The summed E-state index contributed by atoms with van der Waals surface area (Å²) in [6.45, 7) is 4.58. The number of anilines is 1. The number of hydrogen-bond acceptors (Lipinski definition) is 5. The van der Waals surface area contributed by atoms with E-state index in [1.807, 2.05) is 26.0 Å². The van der Waals surface area contributed by atoms with Crippen LogP contribution in [0.4, 0.5) is 5.69 Å². The minimum atomic E-state index is -4.12. The SMILES string of the molecule is CCCOc1ccc(/C=C/C(=O)N(c2ccc(CC)cc2)S(=O)(=O)c2ccccc2)cc1OC. The van der Waals surface area contributed by atoms with Crippen molar-refractivity contribution in [1.29, 1.82) is 0 Å². The van der Waals surface area contributed by atoms with Gasteiger partial charge in [-0.1, -0.05) is 50.2 Å². The highest BCUT2D eigenvalue weighted by Crippen LogP contribution is 2.29. The number of amides is 1. The Morgan fingerprint density at radius 1 is 0.941 bits per heavy atom. The average Bonchev–Trinajstić information content (AvgIpc) is 2.87. The standard InChI is InChI=1S/C27H29NO5S/c1-4-19-33-25-17-13-22(20-26(25)32-3)14-18-27(29)28(23-15-11-21(5-2)12-16-23)34(30,31)24-9-7-6-8-10-24/h6-18,20H,4-5,19H2,1-3H3/b18-14+. The van der Waals surface area contributed by atoms with Crippen LogP contribution in [-0.2, 0) is 21.2 Å². The maximum Gasteiger partial charge on any atom is 0.271 e. The predicted octanol–water partition coefficient (Wildman–Crippen LogP) is 5.48. The van der Waals surface area contributed by atoms with Crippen molar-refractivity contribution >= 4 is 27.7 Å². The minimum absolute atomic E-state index is 0.0374. The van der Waals surface area contributed by atoms with Gasteiger partial charge in [0, 0.05) is 6.08 Å². The second-order valence-electron chi connectivity index (χ2n) is 7.53. The lowest BCUT2D eigenvalue weighted by Crippen LogP contribution is -2.35. The Morgan fingerprint density at radius 3 is 2.26 bits per heavy atom. The molecule has 0 aromatic heterocycles. The Balaban J connectivity index is 1.96. The van der Waals surface area contributed by atoms with Crippen molar-refractivity contribution in [2.75, 3.05) is 18.0 Å². The van der Waals surface area contributed by atoms with E-state index >= 15 is 0 Å². The monoisotopic (exact) mass is 479 g/mol. The molecule has 0 heterocycles. The van der Waals surface area contributed by atoms with Crippen molar-refractivity contribution in [3.8, 4) is 11.5 Å². The third-order valence-corrected chi connectivity index (χ3v) is 6.87. The smallest absolute Gasteiger partial charge is 0.271 e. The molecule has 0 unspecified atom stereocenters. The molecule has 0 radical (unpaired) electrons. The highest BCUT2D eigenvalue weighted by atomic mass is 32.2. The Morgan fingerprint density at radius 2 is 1.65 bits per heavy atom. The quantitative estimate of drug-likeness (QED) is 0.360. The first-order chi connectivity index (χ1) is 16.4. The highest BCUT2D eigenvalue weighted by molar-refractivity contribution is 7.93. The molecule has 0 aliphatic rings. The summed E-state index contributed by atoms with van der Waals surface area (Å²) in [5.74, 6) is 0.461. The van der Waals surface area contributed by atoms with Crippen LogP contribution in [0.15, 0.2) is 83.8 Å². The van der Waals surface area contributed by atoms with Gasteiger partial charge in [0.15, 0.2) is 11.5 Å². The number of benzene rings is 3. The van der Waals surface area contributed by atoms with Gasteiger partial charge in [-0.15, -0.1) is 0 Å². The first kappa shape index (κ1) is 25.1. The molecule has 1 amide bonds. The van der Waals surface area contributed by atoms with Gasteiger partial charge in [0.05, 0.1) is 24.3 Å². The van der Waals surface area contributed by atoms with Crippen LogP contribution in [0.25, 0.3) is 6.08 Å². The summed E-state index contributed by atoms with van der Waals surface area (Å²) in [5, 5.41) is 0. The van der Waals surface area contributed by atoms with Crippen LogP contribution in [-0.4, -0.2) is 28.0 Å². The number of carbonyl (C=O) groups excluding carboxylic acids is 1. The molecular formula is C27H29NO5S. The summed E-state index contributed by atoms with van der Waals surface area (Å²) in [6.07, 6.45) is 4.47. The molecule has 6 nitrogen and oxygen atoms in total. The molecule has 0 saturated carbocycles. The molecule has 34 heavy (non-hydrogen) atoms. The van der Waals surface area contributed by atoms with E-state index in [1.54, 1.807) is 61.7 Å². The summed E-state index contributed by atoms with van der Waals surface area (Å²) in [5.41, 5.74) is 1.99. The summed E-state index contributed by atoms with van der Waals surface area (Å²) in [7, 11) is -2.58. The summed E-state index contributed by atoms with van der Waals surface area (Å²) < 4.78 is 38.7. The van der Waals surface area contributed by atoms with Crippen LogP contribution in [0.2, 0.25) is 0 Å². The zero-order chi connectivity index (χ0) is 24.6. The molecule has 7 heteroatoms. The van der Waals surface area contributed by atoms with Gasteiger partial charge in [-0.05, 0) is 66.4 Å². The van der Waals surface area contributed by atoms with E-state index < -0.39 is 15.9 Å². The van der Waals surface area contributed by atoms with Crippen LogP contribution in [0.3, 0.4) is 0 Å². The largest absolute Gasteiger partial charge is 0.493 e. The van der Waals surface area contributed by atoms with Gasteiger partial charge in [0.2, 0.25) is 0 Å². The molecule has 0 aliphatic carbocycles. The number of carbonyl (C=O) groups is 1. The van der Waals surface area contributed by atoms with E-state index in [1.165, 1.54) is 18.2 Å². The summed E-state index contributed by atoms with van der Waals surface area (Å²) in [4.78, 5) is 13.3. The molecule has 0 N–H and O–H groups in total. The van der Waals surface area contributed by atoms with Crippen molar-refractivity contribution in [3.05, 3.63) is 90.0 Å². The van der Waals surface area contributed by atoms with Gasteiger partial charge >= 0.3 is 0 Å². The second-order valence-corrected chi connectivity index (χ2v) is 9.32. The predicted molar refractivity (Wildman–Crippen MR) is 135 cm³/mol. The van der Waals surface area contributed by atoms with Crippen molar-refractivity contribution in [2.45, 2.75) is 31.6 Å². The van der Waals surface area contributed by atoms with Crippen molar-refractivity contribution in [3.63, 3.8) is 0 Å². The summed E-state index contributed by atoms with van der Waals surface area (Å²) in [6, 6.07) is 20.1. The topological polar surface area (TPSA) is 72.9 Å². The molecule has 0 atom stereocenters. The number of methoxy groups -OCH3 is 1. The number of sulfonamides is 1. The lowest BCUT2D eigenvalue weighted by atomic mass is 10.1. The van der Waals surface area contributed by atoms with Crippen LogP contribution in [0.1, 0.15) is 31.4 Å². The fourth-order valence-corrected chi connectivity index (χ4v) is 4.71. The van der Waals surface area contributed by atoms with Gasteiger partial charge in [-0.25, -0.2) is 8.42 Å². The number of hydrogen-bond donors (Lipinski definition) is 0. The lowest BCUT2D eigenvalue weighted by molar-refractivity contribution is -0.113. The minimum Gasteiger partial charge on any atom is -0.493 e. The molecule has 0 bridgehead atoms. The van der Waals surface area contributed by atoms with Crippen molar-refractivity contribution in [1.82, 2.24) is 0 Å². The molecule has 0 aliphatic heterocycles. The Kier molecular flexibility index (Phi) is 8.49. The fraction of sp³-hybridized carbons (Fsp3) is 0.222. The van der Waals surface area contributed by atoms with E-state index in [0.29, 0.717) is 23.7 Å². The Bertz CT molecular complexity index is 1240. The Hall–Kier alpha value is -3.58. The van der Waals surface area contributed by atoms with Crippen LogP contribution in [0.5, 0.6) is 11.5 Å². The van der Waals surface area contributed by atoms with Crippen LogP contribution >= 0.6 is 0 Å². The molecule has 0 saturated heterocycles. The van der Waals surface area contributed by atoms with Gasteiger partial charge in [0.1, 0.15) is 0 Å². The molecule has 178 valence electrons. The Labute approximate surface area is 201 Å².